The Morgan fingerprint density at radius 2 is 1.67 bits per heavy atom. The van der Waals surface area contributed by atoms with Crippen molar-refractivity contribution in [2.24, 2.45) is 0 Å². The second-order valence-electron chi connectivity index (χ2n) is 3.62. The van der Waals surface area contributed by atoms with Crippen LogP contribution in [0.25, 0.3) is 0 Å². The summed E-state index contributed by atoms with van der Waals surface area (Å²) in [4.78, 5) is 21.7. The average Bonchev–Trinajstić information content (AvgIpc) is 2.32. The van der Waals surface area contributed by atoms with Crippen LogP contribution in [0.3, 0.4) is 0 Å². The quantitative estimate of drug-likeness (QED) is 0.396. The molecule has 0 rings (SSSR count). The molecule has 0 saturated carbocycles. The van der Waals surface area contributed by atoms with Gasteiger partial charge in [0, 0.05) is 6.54 Å². The van der Waals surface area contributed by atoms with Gasteiger partial charge in [0.15, 0.2) is 5.78 Å². The van der Waals surface area contributed by atoms with Gasteiger partial charge in [-0.2, -0.15) is 0 Å². The molecule has 0 aromatic rings. The van der Waals surface area contributed by atoms with Crippen LogP contribution >= 0.6 is 0 Å². The van der Waals surface area contributed by atoms with Crippen LogP contribution in [0.1, 0.15) is 6.92 Å². The molecule has 18 heavy (non-hydrogen) atoms. The van der Waals surface area contributed by atoms with E-state index in [0.717, 1.165) is 6.54 Å². The highest BCUT2D eigenvalue weighted by Gasteiger charge is 2.01. The van der Waals surface area contributed by atoms with Gasteiger partial charge in [0.2, 0.25) is 5.91 Å². The summed E-state index contributed by atoms with van der Waals surface area (Å²) in [6.07, 6.45) is 0. The summed E-state index contributed by atoms with van der Waals surface area (Å²) in [6.45, 7) is 4.51. The summed E-state index contributed by atoms with van der Waals surface area (Å²) in [5.74, 6) is -0.360. The number of Topliss-reactive ketones (excluding diaryl/α,β-unsaturated/α-hetero) is 1. The van der Waals surface area contributed by atoms with E-state index in [0.29, 0.717) is 33.0 Å². The number of carbonyl (C=O) groups excluding carboxylic acids is 2. The highest BCUT2D eigenvalue weighted by molar-refractivity contribution is 5.79. The number of hydrogen-bond acceptors (Lipinski definition) is 5. The molecule has 106 valence electrons. The number of nitrogens with one attached hydrogen (secondary N) is 1. The smallest absolute Gasteiger partial charge is 0.246 e. The number of ketones is 1. The first-order chi connectivity index (χ1) is 8.66. The third-order valence-corrected chi connectivity index (χ3v) is 1.77. The van der Waals surface area contributed by atoms with Crippen molar-refractivity contribution in [3.05, 3.63) is 0 Å². The van der Waals surface area contributed by atoms with Crippen molar-refractivity contribution in [3.63, 3.8) is 0 Å². The van der Waals surface area contributed by atoms with Gasteiger partial charge in [-0.15, -0.1) is 0 Å². The molecular formula is C11H23N2O5+. The third kappa shape index (κ3) is 13.0. The summed E-state index contributed by atoms with van der Waals surface area (Å²) in [6, 6.07) is 0. The Morgan fingerprint density at radius 1 is 1.00 bits per heavy atom. The standard InChI is InChI=1S/C11H22N2O5/c1-10(14)8-18-9-11(15)13-3-5-17-7-6-16-4-2-12/h2-9,12H2,1H3,(H,13,15)/p+1. The van der Waals surface area contributed by atoms with E-state index in [9.17, 15) is 9.59 Å². The summed E-state index contributed by atoms with van der Waals surface area (Å²) in [7, 11) is 0. The SMILES string of the molecule is CC(=O)COCC(=O)NCCOCCOCC[NH3+]. The van der Waals surface area contributed by atoms with Crippen LogP contribution in [0.2, 0.25) is 0 Å². The number of ether oxygens (including phenoxy) is 3. The fourth-order valence-electron chi connectivity index (χ4n) is 1.03. The Morgan fingerprint density at radius 3 is 2.28 bits per heavy atom. The predicted octanol–water partition coefficient (Wildman–Crippen LogP) is -2.02. The lowest BCUT2D eigenvalue weighted by molar-refractivity contribution is -0.374. The maximum atomic E-state index is 11.2. The highest BCUT2D eigenvalue weighted by atomic mass is 16.5. The van der Waals surface area contributed by atoms with Crippen LogP contribution in [-0.2, 0) is 23.8 Å². The van der Waals surface area contributed by atoms with Gasteiger partial charge in [-0.25, -0.2) is 0 Å². The van der Waals surface area contributed by atoms with Crippen molar-refractivity contribution in [3.8, 4) is 0 Å². The molecule has 0 atom stereocenters. The van der Waals surface area contributed by atoms with Gasteiger partial charge in [0.05, 0.1) is 33.0 Å². The van der Waals surface area contributed by atoms with Crippen molar-refractivity contribution in [2.75, 3.05) is 52.7 Å². The van der Waals surface area contributed by atoms with Gasteiger partial charge in [-0.3, -0.25) is 9.59 Å². The molecule has 0 aromatic carbocycles. The van der Waals surface area contributed by atoms with Crippen LogP contribution in [0.15, 0.2) is 0 Å². The van der Waals surface area contributed by atoms with Gasteiger partial charge in [-0.1, -0.05) is 0 Å². The van der Waals surface area contributed by atoms with E-state index in [-0.39, 0.29) is 24.9 Å². The van der Waals surface area contributed by atoms with E-state index in [1.54, 1.807) is 0 Å². The van der Waals surface area contributed by atoms with Gasteiger partial charge >= 0.3 is 0 Å². The normalized spacial score (nSPS) is 10.3. The van der Waals surface area contributed by atoms with Gasteiger partial charge in [0.25, 0.3) is 0 Å². The average molecular weight is 263 g/mol. The van der Waals surface area contributed by atoms with Crippen LogP contribution in [0, 0.1) is 0 Å². The first-order valence-corrected chi connectivity index (χ1v) is 5.95. The lowest BCUT2D eigenvalue weighted by Crippen LogP contribution is -2.52. The summed E-state index contributed by atoms with van der Waals surface area (Å²) in [5, 5.41) is 2.61. The van der Waals surface area contributed by atoms with Crippen molar-refractivity contribution in [1.29, 1.82) is 0 Å². The van der Waals surface area contributed by atoms with E-state index in [1.165, 1.54) is 6.92 Å². The minimum atomic E-state index is -0.256. The first-order valence-electron chi connectivity index (χ1n) is 5.95. The second kappa shape index (κ2) is 12.4. The second-order valence-corrected chi connectivity index (χ2v) is 3.62. The molecule has 7 heteroatoms. The van der Waals surface area contributed by atoms with Crippen LogP contribution in [0.4, 0.5) is 0 Å². The lowest BCUT2D eigenvalue weighted by atomic mass is 10.5. The minimum Gasteiger partial charge on any atom is -0.377 e. The lowest BCUT2D eigenvalue weighted by Gasteiger charge is -2.06. The third-order valence-electron chi connectivity index (χ3n) is 1.77. The maximum absolute atomic E-state index is 11.2. The van der Waals surface area contributed by atoms with E-state index in [1.807, 2.05) is 0 Å². The number of amides is 1. The molecule has 0 saturated heterocycles. The fraction of sp³-hybridized carbons (Fsp3) is 0.818. The number of hydrogen-bond donors (Lipinski definition) is 2. The van der Waals surface area contributed by atoms with Crippen LogP contribution in [-0.4, -0.2) is 64.4 Å². The van der Waals surface area contributed by atoms with E-state index in [4.69, 9.17) is 14.2 Å². The zero-order valence-corrected chi connectivity index (χ0v) is 10.9. The zero-order valence-electron chi connectivity index (χ0n) is 10.9. The van der Waals surface area contributed by atoms with Crippen molar-refractivity contribution in [1.82, 2.24) is 5.32 Å². The topological polar surface area (TPSA) is 102 Å². The zero-order chi connectivity index (χ0) is 13.6. The van der Waals surface area contributed by atoms with E-state index >= 15 is 0 Å². The maximum Gasteiger partial charge on any atom is 0.246 e. The van der Waals surface area contributed by atoms with Crippen molar-refractivity contribution in [2.45, 2.75) is 6.92 Å². The van der Waals surface area contributed by atoms with Crippen molar-refractivity contribution >= 4 is 11.7 Å². The first kappa shape index (κ1) is 17.0. The molecule has 0 bridgehead atoms. The highest BCUT2D eigenvalue weighted by Crippen LogP contribution is 1.79. The Labute approximate surface area is 107 Å². The molecule has 4 N–H and O–H groups in total. The molecule has 0 aliphatic carbocycles. The Kier molecular flexibility index (Phi) is 11.7. The Balaban J connectivity index is 3.17. The molecule has 0 heterocycles. The predicted molar refractivity (Wildman–Crippen MR) is 63.9 cm³/mol. The Bertz CT molecular complexity index is 235. The molecule has 0 spiro atoms. The summed E-state index contributed by atoms with van der Waals surface area (Å²) >= 11 is 0. The van der Waals surface area contributed by atoms with E-state index < -0.39 is 0 Å². The molecular weight excluding hydrogens is 240 g/mol. The summed E-state index contributed by atoms with van der Waals surface area (Å²) < 4.78 is 15.2. The van der Waals surface area contributed by atoms with E-state index in [2.05, 4.69) is 11.1 Å². The number of quaternary nitrogens is 1. The Hall–Kier alpha value is -1.02. The largest absolute Gasteiger partial charge is 0.377 e. The molecule has 7 nitrogen and oxygen atoms in total. The van der Waals surface area contributed by atoms with Gasteiger partial charge < -0.3 is 25.3 Å². The van der Waals surface area contributed by atoms with Crippen LogP contribution < -0.4 is 11.1 Å². The molecule has 0 radical (unpaired) electrons. The molecule has 0 unspecified atom stereocenters. The monoisotopic (exact) mass is 263 g/mol. The van der Waals surface area contributed by atoms with Crippen molar-refractivity contribution < 1.29 is 29.5 Å². The molecule has 0 aliphatic rings. The molecule has 0 aromatic heterocycles. The number of carbonyl (C=O) groups is 2. The summed E-state index contributed by atoms with van der Waals surface area (Å²) in [5.41, 5.74) is 3.64. The van der Waals surface area contributed by atoms with Gasteiger partial charge in [0.1, 0.15) is 13.2 Å². The molecule has 0 aliphatic heterocycles. The minimum absolute atomic E-state index is 0.0342. The number of rotatable bonds is 12. The molecule has 1 amide bonds. The van der Waals surface area contributed by atoms with Gasteiger partial charge in [-0.05, 0) is 6.92 Å². The van der Waals surface area contributed by atoms with Crippen LogP contribution in [0.5, 0.6) is 0 Å². The molecule has 0 fully saturated rings. The fourth-order valence-corrected chi connectivity index (χ4v) is 1.03.